The van der Waals surface area contributed by atoms with Crippen LogP contribution in [0.3, 0.4) is 0 Å². The minimum atomic E-state index is 0.125. The third-order valence-corrected chi connectivity index (χ3v) is 4.75. The minimum Gasteiger partial charge on any atom is -0.494 e. The molecule has 1 saturated heterocycles. The van der Waals surface area contributed by atoms with Crippen LogP contribution < -0.4 is 15.0 Å². The molecule has 0 atom stereocenters. The quantitative estimate of drug-likeness (QED) is 0.781. The predicted octanol–water partition coefficient (Wildman–Crippen LogP) is 3.61. The largest absolute Gasteiger partial charge is 0.494 e. The first-order chi connectivity index (χ1) is 11.0. The molecule has 1 aliphatic rings. The van der Waals surface area contributed by atoms with E-state index in [0.717, 1.165) is 56.8 Å². The summed E-state index contributed by atoms with van der Waals surface area (Å²) in [6.07, 6.45) is 4.94. The molecule has 23 heavy (non-hydrogen) atoms. The van der Waals surface area contributed by atoms with Crippen molar-refractivity contribution in [3.63, 3.8) is 0 Å². The number of amides is 1. The Hall–Kier alpha value is -1.55. The van der Waals surface area contributed by atoms with E-state index in [1.54, 1.807) is 4.90 Å². The van der Waals surface area contributed by atoms with Gasteiger partial charge in [0.2, 0.25) is 5.91 Å². The summed E-state index contributed by atoms with van der Waals surface area (Å²) in [4.78, 5) is 14.4. The van der Waals surface area contributed by atoms with E-state index in [1.807, 2.05) is 31.3 Å². The lowest BCUT2D eigenvalue weighted by Gasteiger charge is -2.34. The molecule has 1 N–H and O–H groups in total. The number of hydrogen-bond acceptors (Lipinski definition) is 3. The number of benzene rings is 1. The molecule has 1 heterocycles. The Morgan fingerprint density at radius 3 is 2.52 bits per heavy atom. The molecule has 1 fully saturated rings. The van der Waals surface area contributed by atoms with Crippen molar-refractivity contribution in [2.75, 3.05) is 31.6 Å². The number of carbonyl (C=O) groups is 1. The number of rotatable bonds is 7. The number of unbranched alkanes of at least 4 members (excludes halogenated alkanes) is 1. The summed E-state index contributed by atoms with van der Waals surface area (Å²) in [5.41, 5.74) is 1.05. The second-order valence-electron chi connectivity index (χ2n) is 6.89. The van der Waals surface area contributed by atoms with Crippen LogP contribution in [0.4, 0.5) is 5.69 Å². The molecular formula is C19H30N2O2. The fourth-order valence-corrected chi connectivity index (χ4v) is 2.94. The second kappa shape index (κ2) is 8.34. The van der Waals surface area contributed by atoms with E-state index in [9.17, 15) is 4.79 Å². The van der Waals surface area contributed by atoms with Crippen molar-refractivity contribution in [3.8, 4) is 5.75 Å². The zero-order chi connectivity index (χ0) is 16.7. The van der Waals surface area contributed by atoms with Crippen molar-refractivity contribution >= 4 is 11.6 Å². The average Bonchev–Trinajstić information content (AvgIpc) is 2.55. The summed E-state index contributed by atoms with van der Waals surface area (Å²) in [6.45, 7) is 7.14. The van der Waals surface area contributed by atoms with Gasteiger partial charge in [-0.15, -0.1) is 0 Å². The number of anilines is 1. The van der Waals surface area contributed by atoms with Crippen molar-refractivity contribution in [1.29, 1.82) is 0 Å². The molecular weight excluding hydrogens is 288 g/mol. The first-order valence-electron chi connectivity index (χ1n) is 8.74. The van der Waals surface area contributed by atoms with E-state index in [4.69, 9.17) is 4.74 Å². The number of carbonyl (C=O) groups excluding carboxylic acids is 1. The third-order valence-electron chi connectivity index (χ3n) is 4.75. The number of nitrogens with one attached hydrogen (secondary N) is 1. The second-order valence-corrected chi connectivity index (χ2v) is 6.89. The molecule has 128 valence electrons. The highest BCUT2D eigenvalue weighted by Crippen LogP contribution is 2.33. The van der Waals surface area contributed by atoms with Crippen molar-refractivity contribution in [2.45, 2.75) is 46.0 Å². The van der Waals surface area contributed by atoms with Gasteiger partial charge in [-0.3, -0.25) is 4.79 Å². The van der Waals surface area contributed by atoms with Crippen LogP contribution in [0.2, 0.25) is 0 Å². The maximum absolute atomic E-state index is 12.6. The van der Waals surface area contributed by atoms with Crippen LogP contribution in [0.1, 0.15) is 46.0 Å². The van der Waals surface area contributed by atoms with Gasteiger partial charge in [0.05, 0.1) is 6.61 Å². The molecule has 0 radical (unpaired) electrons. The highest BCUT2D eigenvalue weighted by molar-refractivity contribution is 5.93. The van der Waals surface area contributed by atoms with E-state index in [-0.39, 0.29) is 11.3 Å². The Balaban J connectivity index is 1.91. The summed E-state index contributed by atoms with van der Waals surface area (Å²) >= 11 is 0. The van der Waals surface area contributed by atoms with Gasteiger partial charge in [0.1, 0.15) is 5.75 Å². The van der Waals surface area contributed by atoms with Gasteiger partial charge in [-0.25, -0.2) is 0 Å². The Morgan fingerprint density at radius 1 is 1.26 bits per heavy atom. The lowest BCUT2D eigenvalue weighted by Crippen LogP contribution is -2.39. The number of ether oxygens (including phenoxy) is 1. The summed E-state index contributed by atoms with van der Waals surface area (Å²) < 4.78 is 5.67. The molecule has 4 heteroatoms. The van der Waals surface area contributed by atoms with Crippen LogP contribution in [0.5, 0.6) is 5.75 Å². The Kier molecular flexibility index (Phi) is 6.46. The average molecular weight is 318 g/mol. The van der Waals surface area contributed by atoms with E-state index < -0.39 is 0 Å². The van der Waals surface area contributed by atoms with Crippen LogP contribution in [0.15, 0.2) is 24.3 Å². The van der Waals surface area contributed by atoms with Crippen LogP contribution >= 0.6 is 0 Å². The lowest BCUT2D eigenvalue weighted by molar-refractivity contribution is -0.120. The van der Waals surface area contributed by atoms with Gasteiger partial charge in [0.25, 0.3) is 0 Å². The molecule has 4 nitrogen and oxygen atoms in total. The Morgan fingerprint density at radius 2 is 1.91 bits per heavy atom. The Labute approximate surface area is 140 Å². The maximum atomic E-state index is 12.6. The topological polar surface area (TPSA) is 41.6 Å². The molecule has 0 unspecified atom stereocenters. The molecule has 0 spiro atoms. The molecule has 1 amide bonds. The van der Waals surface area contributed by atoms with Gasteiger partial charge in [-0.2, -0.15) is 0 Å². The monoisotopic (exact) mass is 318 g/mol. The third kappa shape index (κ3) is 5.24. The van der Waals surface area contributed by atoms with E-state index in [2.05, 4.69) is 19.2 Å². The van der Waals surface area contributed by atoms with Gasteiger partial charge >= 0.3 is 0 Å². The summed E-state index contributed by atoms with van der Waals surface area (Å²) in [6, 6.07) is 7.82. The van der Waals surface area contributed by atoms with Crippen molar-refractivity contribution in [3.05, 3.63) is 24.3 Å². The SMILES string of the molecule is CCCCOc1ccc(N(C)C(=O)CC2(C)CCNCC2)cc1. The summed E-state index contributed by atoms with van der Waals surface area (Å²) in [7, 11) is 1.86. The number of nitrogens with zero attached hydrogens (tertiary/aromatic N) is 1. The molecule has 1 aromatic rings. The maximum Gasteiger partial charge on any atom is 0.227 e. The molecule has 0 aliphatic carbocycles. The number of hydrogen-bond donors (Lipinski definition) is 1. The zero-order valence-electron chi connectivity index (χ0n) is 14.7. The first kappa shape index (κ1) is 17.8. The highest BCUT2D eigenvalue weighted by atomic mass is 16.5. The fraction of sp³-hybridized carbons (Fsp3) is 0.632. The van der Waals surface area contributed by atoms with Gasteiger partial charge in [0, 0.05) is 19.2 Å². The van der Waals surface area contributed by atoms with Gasteiger partial charge < -0.3 is 15.0 Å². The van der Waals surface area contributed by atoms with Crippen molar-refractivity contribution in [2.24, 2.45) is 5.41 Å². The van der Waals surface area contributed by atoms with Crippen LogP contribution in [-0.4, -0.2) is 32.7 Å². The molecule has 0 bridgehead atoms. The van der Waals surface area contributed by atoms with Gasteiger partial charge in [-0.05, 0) is 62.0 Å². The van der Waals surface area contributed by atoms with Crippen LogP contribution in [0.25, 0.3) is 0 Å². The van der Waals surface area contributed by atoms with E-state index in [0.29, 0.717) is 6.42 Å². The highest BCUT2D eigenvalue weighted by Gasteiger charge is 2.30. The summed E-state index contributed by atoms with van der Waals surface area (Å²) in [5.74, 6) is 1.06. The smallest absolute Gasteiger partial charge is 0.227 e. The van der Waals surface area contributed by atoms with Crippen molar-refractivity contribution < 1.29 is 9.53 Å². The zero-order valence-corrected chi connectivity index (χ0v) is 14.7. The van der Waals surface area contributed by atoms with Crippen LogP contribution in [0, 0.1) is 5.41 Å². The van der Waals surface area contributed by atoms with E-state index >= 15 is 0 Å². The molecule has 1 aliphatic heterocycles. The van der Waals surface area contributed by atoms with E-state index in [1.165, 1.54) is 0 Å². The molecule has 2 rings (SSSR count). The lowest BCUT2D eigenvalue weighted by atomic mass is 9.78. The molecule has 0 aromatic heterocycles. The first-order valence-corrected chi connectivity index (χ1v) is 8.74. The Bertz CT molecular complexity index is 493. The standard InChI is InChI=1S/C19H30N2O2/c1-4-5-14-23-17-8-6-16(7-9-17)21(3)18(22)15-19(2)10-12-20-13-11-19/h6-9,20H,4-5,10-15H2,1-3H3. The van der Waals surface area contributed by atoms with Gasteiger partial charge in [-0.1, -0.05) is 20.3 Å². The number of piperidine rings is 1. The summed E-state index contributed by atoms with van der Waals surface area (Å²) in [5, 5.41) is 3.36. The predicted molar refractivity (Wildman–Crippen MR) is 95.1 cm³/mol. The van der Waals surface area contributed by atoms with Gasteiger partial charge in [0.15, 0.2) is 0 Å². The van der Waals surface area contributed by atoms with Crippen molar-refractivity contribution in [1.82, 2.24) is 5.32 Å². The fourth-order valence-electron chi connectivity index (χ4n) is 2.94. The normalized spacial score (nSPS) is 16.8. The van der Waals surface area contributed by atoms with Crippen LogP contribution in [-0.2, 0) is 4.79 Å². The molecule has 1 aromatic carbocycles. The molecule has 0 saturated carbocycles. The minimum absolute atomic E-state index is 0.125.